The second-order valence-electron chi connectivity index (χ2n) is 8.71. The molecular weight excluding hydrogens is 467 g/mol. The average Bonchev–Trinajstić information content (AvgIpc) is 2.95. The van der Waals surface area contributed by atoms with Crippen LogP contribution in [-0.2, 0) is 11.3 Å². The van der Waals surface area contributed by atoms with E-state index >= 15 is 0 Å². The van der Waals surface area contributed by atoms with Gasteiger partial charge in [0.2, 0.25) is 5.91 Å². The highest BCUT2D eigenvalue weighted by molar-refractivity contribution is 5.92. The molecule has 37 heavy (non-hydrogen) atoms. The number of benzene rings is 3. The van der Waals surface area contributed by atoms with Crippen molar-refractivity contribution in [2.45, 2.75) is 25.3 Å². The number of nitrogens with zero attached hydrogens (tertiary/aromatic N) is 3. The SMILES string of the molecule is O=C(CCN(Cc1ccc(F)cc1)C(=O)c1cnccn1)NCCC(c1ccccc1)c1ccccc1. The molecule has 1 heterocycles. The van der Waals surface area contributed by atoms with Gasteiger partial charge in [-0.25, -0.2) is 9.37 Å². The van der Waals surface area contributed by atoms with Crippen molar-refractivity contribution < 1.29 is 14.0 Å². The normalized spacial score (nSPS) is 10.8. The van der Waals surface area contributed by atoms with E-state index in [1.165, 1.54) is 46.8 Å². The maximum atomic E-state index is 13.3. The molecule has 0 spiro atoms. The van der Waals surface area contributed by atoms with E-state index < -0.39 is 0 Å². The van der Waals surface area contributed by atoms with Gasteiger partial charge in [-0.2, -0.15) is 0 Å². The Morgan fingerprint density at radius 2 is 1.51 bits per heavy atom. The van der Waals surface area contributed by atoms with Crippen LogP contribution in [0.5, 0.6) is 0 Å². The fourth-order valence-electron chi connectivity index (χ4n) is 4.21. The molecule has 0 saturated carbocycles. The first-order valence-electron chi connectivity index (χ1n) is 12.3. The van der Waals surface area contributed by atoms with Gasteiger partial charge in [-0.15, -0.1) is 0 Å². The Bertz CT molecular complexity index is 1230. The molecule has 0 unspecified atom stereocenters. The van der Waals surface area contributed by atoms with Gasteiger partial charge in [0.25, 0.3) is 5.91 Å². The third-order valence-electron chi connectivity index (χ3n) is 6.12. The van der Waals surface area contributed by atoms with Crippen LogP contribution in [0.1, 0.15) is 45.9 Å². The number of carbonyl (C=O) groups is 2. The quantitative estimate of drug-likeness (QED) is 0.318. The third kappa shape index (κ3) is 7.54. The summed E-state index contributed by atoms with van der Waals surface area (Å²) in [6.07, 6.45) is 5.22. The van der Waals surface area contributed by atoms with Crippen LogP contribution in [0.2, 0.25) is 0 Å². The molecule has 6 nitrogen and oxygen atoms in total. The van der Waals surface area contributed by atoms with E-state index in [-0.39, 0.29) is 48.8 Å². The third-order valence-corrected chi connectivity index (χ3v) is 6.12. The highest BCUT2D eigenvalue weighted by atomic mass is 19.1. The summed E-state index contributed by atoms with van der Waals surface area (Å²) in [7, 11) is 0. The summed E-state index contributed by atoms with van der Waals surface area (Å²) in [6, 6.07) is 26.4. The Morgan fingerprint density at radius 3 is 2.11 bits per heavy atom. The topological polar surface area (TPSA) is 75.2 Å². The van der Waals surface area contributed by atoms with Gasteiger partial charge in [-0.3, -0.25) is 14.6 Å². The van der Waals surface area contributed by atoms with Crippen molar-refractivity contribution in [3.63, 3.8) is 0 Å². The van der Waals surface area contributed by atoms with Gasteiger partial charge in [-0.1, -0.05) is 72.8 Å². The molecule has 0 fully saturated rings. The number of hydrogen-bond donors (Lipinski definition) is 1. The number of halogens is 1. The molecule has 4 aromatic rings. The van der Waals surface area contributed by atoms with E-state index in [0.717, 1.165) is 12.0 Å². The van der Waals surface area contributed by atoms with E-state index in [9.17, 15) is 14.0 Å². The lowest BCUT2D eigenvalue weighted by atomic mass is 9.88. The number of amides is 2. The number of nitrogens with one attached hydrogen (secondary N) is 1. The van der Waals surface area contributed by atoms with Gasteiger partial charge in [0.1, 0.15) is 11.5 Å². The summed E-state index contributed by atoms with van der Waals surface area (Å²) < 4.78 is 13.3. The highest BCUT2D eigenvalue weighted by Crippen LogP contribution is 2.27. The average molecular weight is 497 g/mol. The standard InChI is InChI=1S/C30H29FN4O2/c31-26-13-11-23(12-14-26)22-35(30(37)28-21-32-18-19-33-28)20-16-29(36)34-17-15-27(24-7-3-1-4-8-24)25-9-5-2-6-10-25/h1-14,18-19,21,27H,15-17,20,22H2,(H,34,36). The second kappa shape index (κ2) is 13.1. The lowest BCUT2D eigenvalue weighted by Gasteiger charge is -2.22. The van der Waals surface area contributed by atoms with Crippen LogP contribution in [0.25, 0.3) is 0 Å². The van der Waals surface area contributed by atoms with E-state index in [1.807, 2.05) is 36.4 Å². The van der Waals surface area contributed by atoms with Crippen molar-refractivity contribution >= 4 is 11.8 Å². The molecule has 3 aromatic carbocycles. The molecular formula is C30H29FN4O2. The van der Waals surface area contributed by atoms with Gasteiger partial charge in [0.05, 0.1) is 6.20 Å². The zero-order valence-electron chi connectivity index (χ0n) is 20.5. The first-order valence-corrected chi connectivity index (χ1v) is 12.3. The van der Waals surface area contributed by atoms with E-state index in [1.54, 1.807) is 12.1 Å². The maximum Gasteiger partial charge on any atom is 0.274 e. The number of rotatable bonds is 11. The van der Waals surface area contributed by atoms with E-state index in [4.69, 9.17) is 0 Å². The summed E-state index contributed by atoms with van der Waals surface area (Å²) in [6.45, 7) is 0.926. The van der Waals surface area contributed by atoms with Crippen LogP contribution in [0.3, 0.4) is 0 Å². The van der Waals surface area contributed by atoms with Crippen LogP contribution in [-0.4, -0.2) is 39.8 Å². The van der Waals surface area contributed by atoms with Crippen molar-refractivity contribution in [1.82, 2.24) is 20.2 Å². The molecule has 0 aliphatic carbocycles. The Hall–Kier alpha value is -4.39. The fraction of sp³-hybridized carbons (Fsp3) is 0.200. The van der Waals surface area contributed by atoms with Crippen LogP contribution in [0, 0.1) is 5.82 Å². The summed E-state index contributed by atoms with van der Waals surface area (Å²) in [5.74, 6) is -0.662. The number of carbonyl (C=O) groups excluding carboxylic acids is 2. The minimum absolute atomic E-state index is 0.133. The van der Waals surface area contributed by atoms with Crippen molar-refractivity contribution in [1.29, 1.82) is 0 Å². The zero-order chi connectivity index (χ0) is 25.9. The van der Waals surface area contributed by atoms with E-state index in [2.05, 4.69) is 39.6 Å². The molecule has 0 aliphatic rings. The number of hydrogen-bond acceptors (Lipinski definition) is 4. The minimum Gasteiger partial charge on any atom is -0.356 e. The molecule has 2 amide bonds. The minimum atomic E-state index is -0.348. The largest absolute Gasteiger partial charge is 0.356 e. The lowest BCUT2D eigenvalue weighted by molar-refractivity contribution is -0.121. The molecule has 7 heteroatoms. The van der Waals surface area contributed by atoms with Crippen molar-refractivity contribution in [2.24, 2.45) is 0 Å². The summed E-state index contributed by atoms with van der Waals surface area (Å²) in [5.41, 5.74) is 3.34. The van der Waals surface area contributed by atoms with Gasteiger partial charge in [-0.05, 0) is 35.2 Å². The second-order valence-corrected chi connectivity index (χ2v) is 8.71. The molecule has 1 aromatic heterocycles. The Labute approximate surface area is 216 Å². The van der Waals surface area contributed by atoms with E-state index in [0.29, 0.717) is 6.54 Å². The highest BCUT2D eigenvalue weighted by Gasteiger charge is 2.19. The molecule has 1 N–H and O–H groups in total. The Balaban J connectivity index is 1.36. The molecule has 0 aliphatic heterocycles. The molecule has 0 saturated heterocycles. The maximum absolute atomic E-state index is 13.3. The molecule has 0 atom stereocenters. The molecule has 0 bridgehead atoms. The van der Waals surface area contributed by atoms with Crippen molar-refractivity contribution in [3.05, 3.63) is 132 Å². The van der Waals surface area contributed by atoms with Gasteiger partial charge in [0.15, 0.2) is 0 Å². The molecule has 188 valence electrons. The van der Waals surface area contributed by atoms with Gasteiger partial charge in [0, 0.05) is 44.4 Å². The Morgan fingerprint density at radius 1 is 0.865 bits per heavy atom. The van der Waals surface area contributed by atoms with Crippen molar-refractivity contribution in [2.75, 3.05) is 13.1 Å². The smallest absolute Gasteiger partial charge is 0.274 e. The predicted molar refractivity (Wildman–Crippen MR) is 140 cm³/mol. The zero-order valence-corrected chi connectivity index (χ0v) is 20.5. The predicted octanol–water partition coefficient (Wildman–Crippen LogP) is 4.99. The van der Waals surface area contributed by atoms with Crippen molar-refractivity contribution in [3.8, 4) is 0 Å². The fourth-order valence-corrected chi connectivity index (χ4v) is 4.21. The summed E-state index contributed by atoms with van der Waals surface area (Å²) in [4.78, 5) is 35.4. The lowest BCUT2D eigenvalue weighted by Crippen LogP contribution is -2.35. The van der Waals surface area contributed by atoms with Crippen LogP contribution >= 0.6 is 0 Å². The molecule has 0 radical (unpaired) electrons. The van der Waals surface area contributed by atoms with Crippen LogP contribution in [0.15, 0.2) is 104 Å². The van der Waals surface area contributed by atoms with Gasteiger partial charge < -0.3 is 10.2 Å². The first kappa shape index (κ1) is 25.7. The summed E-state index contributed by atoms with van der Waals surface area (Å²) >= 11 is 0. The monoisotopic (exact) mass is 496 g/mol. The Kier molecular flexibility index (Phi) is 9.07. The van der Waals surface area contributed by atoms with Gasteiger partial charge >= 0.3 is 0 Å². The first-order chi connectivity index (χ1) is 18.1. The molecule has 4 rings (SSSR count). The number of aromatic nitrogens is 2. The summed E-state index contributed by atoms with van der Waals surface area (Å²) in [5, 5.41) is 3.00. The van der Waals surface area contributed by atoms with Crippen LogP contribution in [0.4, 0.5) is 4.39 Å². The van der Waals surface area contributed by atoms with Crippen LogP contribution < -0.4 is 5.32 Å².